The molecule has 1 unspecified atom stereocenters. The van der Waals surface area contributed by atoms with Crippen molar-refractivity contribution >= 4 is 34.0 Å². The van der Waals surface area contributed by atoms with Crippen molar-refractivity contribution in [2.75, 3.05) is 12.4 Å². The topological polar surface area (TPSA) is 97.9 Å². The second kappa shape index (κ2) is 9.11. The van der Waals surface area contributed by atoms with Crippen LogP contribution in [0.5, 0.6) is 0 Å². The predicted molar refractivity (Wildman–Crippen MR) is 139 cm³/mol. The highest BCUT2D eigenvalue weighted by Crippen LogP contribution is 2.33. The van der Waals surface area contributed by atoms with Gasteiger partial charge in [0.2, 0.25) is 11.8 Å². The van der Waals surface area contributed by atoms with Gasteiger partial charge >= 0.3 is 0 Å². The van der Waals surface area contributed by atoms with Gasteiger partial charge in [0.05, 0.1) is 12.4 Å². The van der Waals surface area contributed by atoms with Crippen molar-refractivity contribution in [1.82, 2.24) is 24.8 Å². The Morgan fingerprint density at radius 2 is 1.81 bits per heavy atom. The summed E-state index contributed by atoms with van der Waals surface area (Å²) in [4.78, 5) is 27.0. The van der Waals surface area contributed by atoms with Crippen LogP contribution >= 0.6 is 0 Å². The first kappa shape index (κ1) is 22.3. The number of imidazole rings is 1. The third-order valence-corrected chi connectivity index (χ3v) is 7.06. The average Bonchev–Trinajstić information content (AvgIpc) is 3.67. The summed E-state index contributed by atoms with van der Waals surface area (Å²) in [5.41, 5.74) is 5.56. The number of benzene rings is 2. The maximum absolute atomic E-state index is 13.1. The molecule has 0 bridgehead atoms. The zero-order valence-corrected chi connectivity index (χ0v) is 20.4. The van der Waals surface area contributed by atoms with Gasteiger partial charge in [-0.15, -0.1) is 0 Å². The van der Waals surface area contributed by atoms with Crippen molar-refractivity contribution in [3.63, 3.8) is 0 Å². The number of fused-ring (bicyclic) bond motifs is 3. The Morgan fingerprint density at radius 3 is 2.58 bits per heavy atom. The summed E-state index contributed by atoms with van der Waals surface area (Å²) >= 11 is 0. The first-order valence-electron chi connectivity index (χ1n) is 12.4. The van der Waals surface area contributed by atoms with E-state index >= 15 is 0 Å². The van der Waals surface area contributed by atoms with Crippen LogP contribution in [0.3, 0.4) is 0 Å². The fourth-order valence-corrected chi connectivity index (χ4v) is 5.18. The Morgan fingerprint density at radius 1 is 1.03 bits per heavy atom. The van der Waals surface area contributed by atoms with Crippen LogP contribution in [0.25, 0.3) is 33.7 Å². The Kier molecular flexibility index (Phi) is 5.64. The number of carbonyl (C=O) groups excluding carboxylic acids is 1. The van der Waals surface area contributed by atoms with Crippen molar-refractivity contribution in [3.8, 4) is 11.5 Å². The number of hydrogen-bond donors (Lipinski definition) is 2. The maximum atomic E-state index is 13.1. The van der Waals surface area contributed by atoms with E-state index in [9.17, 15) is 4.79 Å². The van der Waals surface area contributed by atoms with Gasteiger partial charge in [0, 0.05) is 25.6 Å². The lowest BCUT2D eigenvalue weighted by molar-refractivity contribution is -0.125. The quantitative estimate of drug-likeness (QED) is 0.346. The van der Waals surface area contributed by atoms with E-state index in [1.807, 2.05) is 73.3 Å². The highest BCUT2D eigenvalue weighted by Gasteiger charge is 2.26. The molecule has 8 nitrogen and oxygen atoms in total. The molecule has 3 heterocycles. The van der Waals surface area contributed by atoms with Gasteiger partial charge in [-0.1, -0.05) is 55.3 Å². The molecular weight excluding hydrogens is 452 g/mol. The standard InChI is InChI=1S/C28H28N6O2/c1-29-25-22-24(34(2)16-30-22)23-28(33-25)36-27(32-23)20-14-8-13-19(15-20)21(17-9-4-3-5-10-17)31-26(35)18-11-6-7-12-18/h3-5,8-10,13-16,18,21H,6-7,11-12H2,1-2H3,(H,29,33)(H,31,35). The molecule has 6 rings (SSSR count). The van der Waals surface area contributed by atoms with Gasteiger partial charge in [-0.3, -0.25) is 4.79 Å². The number of oxazole rings is 1. The zero-order chi connectivity index (χ0) is 24.6. The predicted octanol–water partition coefficient (Wildman–Crippen LogP) is 5.21. The minimum atomic E-state index is -0.263. The summed E-state index contributed by atoms with van der Waals surface area (Å²) in [6.07, 6.45) is 5.91. The average molecular weight is 481 g/mol. The number of anilines is 1. The molecule has 0 radical (unpaired) electrons. The molecule has 36 heavy (non-hydrogen) atoms. The highest BCUT2D eigenvalue weighted by atomic mass is 16.4. The lowest BCUT2D eigenvalue weighted by Crippen LogP contribution is -2.33. The number of pyridine rings is 1. The Labute approximate surface area is 208 Å². The van der Waals surface area contributed by atoms with E-state index in [1.165, 1.54) is 0 Å². The van der Waals surface area contributed by atoms with Crippen molar-refractivity contribution in [2.45, 2.75) is 31.7 Å². The van der Waals surface area contributed by atoms with Gasteiger partial charge in [0.1, 0.15) is 11.0 Å². The molecule has 1 atom stereocenters. The fraction of sp³-hybridized carbons (Fsp3) is 0.286. The Bertz CT molecular complexity index is 1550. The van der Waals surface area contributed by atoms with Crippen LogP contribution in [-0.4, -0.2) is 32.5 Å². The van der Waals surface area contributed by atoms with Crippen LogP contribution in [0, 0.1) is 5.92 Å². The summed E-state index contributed by atoms with van der Waals surface area (Å²) < 4.78 is 8.06. The summed E-state index contributed by atoms with van der Waals surface area (Å²) in [6, 6.07) is 17.8. The Hall–Kier alpha value is -4.20. The molecule has 1 fully saturated rings. The lowest BCUT2D eigenvalue weighted by atomic mass is 9.96. The number of hydrogen-bond acceptors (Lipinski definition) is 6. The SMILES string of the molecule is CNc1nc2oc(-c3cccc(C(NC(=O)C4CCCC4)c4ccccc4)c3)nc2c2c1ncn2C. The molecule has 1 saturated carbocycles. The van der Waals surface area contributed by atoms with Crippen molar-refractivity contribution in [3.05, 3.63) is 72.1 Å². The summed E-state index contributed by atoms with van der Waals surface area (Å²) in [5.74, 6) is 1.33. The van der Waals surface area contributed by atoms with E-state index in [2.05, 4.69) is 20.6 Å². The Balaban J connectivity index is 1.41. The molecular formula is C28H28N6O2. The summed E-state index contributed by atoms with van der Waals surface area (Å²) in [5, 5.41) is 6.41. The van der Waals surface area contributed by atoms with Crippen LogP contribution in [0.4, 0.5) is 5.82 Å². The van der Waals surface area contributed by atoms with Gasteiger partial charge in [0.25, 0.3) is 5.71 Å². The molecule has 1 aliphatic rings. The maximum Gasteiger partial charge on any atom is 0.251 e. The molecule has 8 heteroatoms. The summed E-state index contributed by atoms with van der Waals surface area (Å²) in [6.45, 7) is 0. The first-order valence-corrected chi connectivity index (χ1v) is 12.4. The molecule has 2 N–H and O–H groups in total. The number of nitrogens with one attached hydrogen (secondary N) is 2. The fourth-order valence-electron chi connectivity index (χ4n) is 5.18. The number of aromatic nitrogens is 4. The van der Waals surface area contributed by atoms with E-state index in [1.54, 1.807) is 6.33 Å². The molecule has 0 spiro atoms. The van der Waals surface area contributed by atoms with Crippen molar-refractivity contribution in [1.29, 1.82) is 0 Å². The molecule has 3 aromatic heterocycles. The molecule has 1 amide bonds. The zero-order valence-electron chi connectivity index (χ0n) is 20.4. The van der Waals surface area contributed by atoms with Crippen LogP contribution in [0.15, 0.2) is 65.3 Å². The molecule has 0 saturated heterocycles. The van der Waals surface area contributed by atoms with E-state index in [-0.39, 0.29) is 17.9 Å². The first-order chi connectivity index (χ1) is 17.6. The highest BCUT2D eigenvalue weighted by molar-refractivity contribution is 6.03. The van der Waals surface area contributed by atoms with E-state index < -0.39 is 0 Å². The third-order valence-electron chi connectivity index (χ3n) is 7.06. The van der Waals surface area contributed by atoms with E-state index in [4.69, 9.17) is 9.40 Å². The molecule has 182 valence electrons. The number of aryl methyl sites for hydroxylation is 1. The van der Waals surface area contributed by atoms with E-state index in [0.717, 1.165) is 53.4 Å². The van der Waals surface area contributed by atoms with Crippen LogP contribution in [-0.2, 0) is 11.8 Å². The van der Waals surface area contributed by atoms with E-state index in [0.29, 0.717) is 22.9 Å². The molecule has 0 aliphatic heterocycles. The number of nitrogens with zero attached hydrogens (tertiary/aromatic N) is 4. The van der Waals surface area contributed by atoms with Gasteiger partial charge in [-0.25, -0.2) is 9.97 Å². The van der Waals surface area contributed by atoms with Crippen molar-refractivity contribution in [2.24, 2.45) is 13.0 Å². The summed E-state index contributed by atoms with van der Waals surface area (Å²) in [7, 11) is 3.74. The second-order valence-electron chi connectivity index (χ2n) is 9.40. The van der Waals surface area contributed by atoms with Gasteiger partial charge in [-0.05, 0) is 36.1 Å². The third kappa shape index (κ3) is 3.88. The minimum absolute atomic E-state index is 0.0881. The number of carbonyl (C=O) groups is 1. The normalized spacial score (nSPS) is 14.9. The largest absolute Gasteiger partial charge is 0.418 e. The smallest absolute Gasteiger partial charge is 0.251 e. The van der Waals surface area contributed by atoms with Crippen LogP contribution < -0.4 is 10.6 Å². The second-order valence-corrected chi connectivity index (χ2v) is 9.40. The molecule has 1 aliphatic carbocycles. The van der Waals surface area contributed by atoms with Crippen molar-refractivity contribution < 1.29 is 9.21 Å². The van der Waals surface area contributed by atoms with Crippen LogP contribution in [0.1, 0.15) is 42.9 Å². The van der Waals surface area contributed by atoms with Gasteiger partial charge in [-0.2, -0.15) is 4.98 Å². The van der Waals surface area contributed by atoms with Gasteiger partial charge < -0.3 is 19.6 Å². The molecule has 2 aromatic carbocycles. The minimum Gasteiger partial charge on any atom is -0.418 e. The monoisotopic (exact) mass is 480 g/mol. The number of rotatable bonds is 6. The van der Waals surface area contributed by atoms with Gasteiger partial charge in [0.15, 0.2) is 11.3 Å². The molecule has 5 aromatic rings. The number of amides is 1. The van der Waals surface area contributed by atoms with Crippen LogP contribution in [0.2, 0.25) is 0 Å². The lowest BCUT2D eigenvalue weighted by Gasteiger charge is -2.22.